The maximum absolute atomic E-state index is 13.0. The summed E-state index contributed by atoms with van der Waals surface area (Å²) in [5.74, 6) is 0.285. The molecule has 1 aliphatic rings. The van der Waals surface area contributed by atoms with Crippen molar-refractivity contribution < 1.29 is 14.3 Å². The van der Waals surface area contributed by atoms with Gasteiger partial charge in [0.05, 0.1) is 7.11 Å². The number of fused-ring (bicyclic) bond motifs is 1. The maximum atomic E-state index is 13.0. The predicted octanol–water partition coefficient (Wildman–Crippen LogP) is 4.64. The van der Waals surface area contributed by atoms with E-state index in [1.165, 1.54) is 5.56 Å². The number of carbonyl (C=O) groups excluding carboxylic acids is 2. The normalized spacial score (nSPS) is 12.4. The van der Waals surface area contributed by atoms with Crippen molar-refractivity contribution in [2.24, 2.45) is 0 Å². The van der Waals surface area contributed by atoms with E-state index in [-0.39, 0.29) is 17.5 Å². The predicted molar refractivity (Wildman–Crippen MR) is 131 cm³/mol. The van der Waals surface area contributed by atoms with Crippen molar-refractivity contribution >= 4 is 23.2 Å². The summed E-state index contributed by atoms with van der Waals surface area (Å²) in [6.07, 6.45) is 2.58. The summed E-state index contributed by atoms with van der Waals surface area (Å²) in [6.45, 7) is 2.65. The molecule has 1 aromatic heterocycles. The lowest BCUT2D eigenvalue weighted by molar-refractivity contribution is 0.0988. The van der Waals surface area contributed by atoms with Gasteiger partial charge in [-0.25, -0.2) is 4.68 Å². The van der Waals surface area contributed by atoms with Gasteiger partial charge >= 0.3 is 0 Å². The smallest absolute Gasteiger partial charge is 0.276 e. The zero-order valence-corrected chi connectivity index (χ0v) is 19.0. The van der Waals surface area contributed by atoms with Gasteiger partial charge in [-0.1, -0.05) is 24.3 Å². The lowest BCUT2D eigenvalue weighted by atomic mass is 10.1. The number of hydrogen-bond donors (Lipinski definition) is 1. The molecular formula is C27H24N4O3. The Bertz CT molecular complexity index is 1370. The number of nitrogens with zero attached hydrogens (tertiary/aromatic N) is 3. The Morgan fingerprint density at radius 3 is 2.56 bits per heavy atom. The topological polar surface area (TPSA) is 76.5 Å². The summed E-state index contributed by atoms with van der Waals surface area (Å²) in [7, 11) is 1.60. The molecule has 7 heteroatoms. The first kappa shape index (κ1) is 21.5. The first-order valence-electron chi connectivity index (χ1n) is 11.1. The van der Waals surface area contributed by atoms with Gasteiger partial charge in [0.15, 0.2) is 5.69 Å². The molecule has 3 aromatic carbocycles. The molecular weight excluding hydrogens is 428 g/mol. The van der Waals surface area contributed by atoms with Crippen LogP contribution in [0.1, 0.15) is 32.0 Å². The molecule has 2 heterocycles. The minimum Gasteiger partial charge on any atom is -0.494 e. The molecule has 0 atom stereocenters. The highest BCUT2D eigenvalue weighted by atomic mass is 16.5. The molecule has 0 unspecified atom stereocenters. The Morgan fingerprint density at radius 1 is 0.971 bits per heavy atom. The molecule has 0 spiro atoms. The molecule has 0 bridgehead atoms. The molecule has 0 fully saturated rings. The Kier molecular flexibility index (Phi) is 5.59. The highest BCUT2D eigenvalue weighted by Crippen LogP contribution is 2.29. The number of methoxy groups -OCH3 is 1. The van der Waals surface area contributed by atoms with Gasteiger partial charge in [-0.2, -0.15) is 5.10 Å². The third-order valence-electron chi connectivity index (χ3n) is 5.92. The largest absolute Gasteiger partial charge is 0.494 e. The first-order valence-corrected chi connectivity index (χ1v) is 11.1. The van der Waals surface area contributed by atoms with Crippen LogP contribution in [0.5, 0.6) is 5.75 Å². The van der Waals surface area contributed by atoms with E-state index in [4.69, 9.17) is 4.74 Å². The second kappa shape index (κ2) is 8.86. The summed E-state index contributed by atoms with van der Waals surface area (Å²) in [6, 6.07) is 22.3. The van der Waals surface area contributed by atoms with Gasteiger partial charge in [0.1, 0.15) is 11.4 Å². The van der Waals surface area contributed by atoms with E-state index in [1.54, 1.807) is 53.2 Å². The van der Waals surface area contributed by atoms with E-state index in [9.17, 15) is 9.59 Å². The highest BCUT2D eigenvalue weighted by molar-refractivity contribution is 6.08. The van der Waals surface area contributed by atoms with E-state index >= 15 is 0 Å². The fourth-order valence-corrected chi connectivity index (χ4v) is 4.15. The van der Waals surface area contributed by atoms with Crippen LogP contribution in [-0.4, -0.2) is 35.2 Å². The van der Waals surface area contributed by atoms with Gasteiger partial charge in [-0.15, -0.1) is 0 Å². The second-order valence-electron chi connectivity index (χ2n) is 8.19. The molecule has 0 aliphatic carbocycles. The highest BCUT2D eigenvalue weighted by Gasteiger charge is 2.25. The molecule has 34 heavy (non-hydrogen) atoms. The molecule has 5 rings (SSSR count). The number of aryl methyl sites for hydroxylation is 1. The molecule has 1 N–H and O–H groups in total. The van der Waals surface area contributed by atoms with Crippen molar-refractivity contribution in [1.29, 1.82) is 0 Å². The van der Waals surface area contributed by atoms with E-state index in [2.05, 4.69) is 16.5 Å². The third kappa shape index (κ3) is 4.03. The van der Waals surface area contributed by atoms with Crippen LogP contribution in [0.3, 0.4) is 0 Å². The van der Waals surface area contributed by atoms with Gasteiger partial charge in [0, 0.05) is 29.7 Å². The number of anilines is 2. The molecule has 0 saturated heterocycles. The van der Waals surface area contributed by atoms with E-state index in [0.717, 1.165) is 23.4 Å². The minimum atomic E-state index is -0.335. The van der Waals surface area contributed by atoms with Crippen LogP contribution in [0.2, 0.25) is 0 Å². The first-order chi connectivity index (χ1) is 16.5. The van der Waals surface area contributed by atoms with Crippen LogP contribution < -0.4 is 15.0 Å². The summed E-state index contributed by atoms with van der Waals surface area (Å²) in [5.41, 5.74) is 5.40. The molecule has 0 saturated carbocycles. The van der Waals surface area contributed by atoms with Crippen LogP contribution in [0.15, 0.2) is 79.0 Å². The molecule has 4 aromatic rings. The monoisotopic (exact) mass is 452 g/mol. The Morgan fingerprint density at radius 2 is 1.76 bits per heavy atom. The quantitative estimate of drug-likeness (QED) is 0.478. The van der Waals surface area contributed by atoms with Crippen molar-refractivity contribution in [3.05, 3.63) is 101 Å². The van der Waals surface area contributed by atoms with Gasteiger partial charge < -0.3 is 15.0 Å². The summed E-state index contributed by atoms with van der Waals surface area (Å²) >= 11 is 0. The number of rotatable bonds is 5. The number of nitrogens with one attached hydrogen (secondary N) is 1. The fourth-order valence-electron chi connectivity index (χ4n) is 4.15. The number of amides is 2. The number of aromatic nitrogens is 2. The molecule has 0 radical (unpaired) electrons. The van der Waals surface area contributed by atoms with Crippen LogP contribution in [-0.2, 0) is 6.42 Å². The lowest BCUT2D eigenvalue weighted by Crippen LogP contribution is -2.28. The van der Waals surface area contributed by atoms with Crippen LogP contribution in [0, 0.1) is 6.92 Å². The minimum absolute atomic E-state index is 0.0475. The van der Waals surface area contributed by atoms with Crippen LogP contribution >= 0.6 is 0 Å². The molecule has 2 amide bonds. The lowest BCUT2D eigenvalue weighted by Gasteiger charge is -2.17. The Hall–Kier alpha value is -4.39. The summed E-state index contributed by atoms with van der Waals surface area (Å²) < 4.78 is 7.04. The number of para-hydroxylation sites is 1. The number of carbonyl (C=O) groups is 2. The number of ether oxygens (including phenoxy) is 1. The standard InChI is InChI=1S/C27H24N4O3/c1-18-7-12-25(34-2)24(17-18)31-16-14-22(29-31)26(32)28-21-10-8-20(9-11-21)27(33)30-15-13-19-5-3-4-6-23(19)30/h3-12,14,16-17H,13,15H2,1-2H3,(H,28,32). The third-order valence-corrected chi connectivity index (χ3v) is 5.92. The summed E-state index contributed by atoms with van der Waals surface area (Å²) in [4.78, 5) is 27.5. The fraction of sp³-hybridized carbons (Fsp3) is 0.148. The van der Waals surface area contributed by atoms with Gasteiger partial charge in [0.25, 0.3) is 11.8 Å². The Labute approximate surface area is 197 Å². The van der Waals surface area contributed by atoms with Gasteiger partial charge in [-0.05, 0) is 73.0 Å². The van der Waals surface area contributed by atoms with E-state index < -0.39 is 0 Å². The summed E-state index contributed by atoms with van der Waals surface area (Å²) in [5, 5.41) is 7.25. The average Bonchev–Trinajstić information content (AvgIpc) is 3.52. The molecule has 1 aliphatic heterocycles. The zero-order valence-electron chi connectivity index (χ0n) is 19.0. The van der Waals surface area contributed by atoms with Gasteiger partial charge in [0.2, 0.25) is 0 Å². The van der Waals surface area contributed by atoms with Gasteiger partial charge in [-0.3, -0.25) is 9.59 Å². The average molecular weight is 453 g/mol. The van der Waals surface area contributed by atoms with Crippen molar-refractivity contribution in [1.82, 2.24) is 9.78 Å². The van der Waals surface area contributed by atoms with Crippen LogP contribution in [0.25, 0.3) is 5.69 Å². The molecule has 170 valence electrons. The van der Waals surface area contributed by atoms with Crippen molar-refractivity contribution in [2.45, 2.75) is 13.3 Å². The maximum Gasteiger partial charge on any atom is 0.276 e. The Balaban J connectivity index is 1.29. The number of hydrogen-bond acceptors (Lipinski definition) is 4. The van der Waals surface area contributed by atoms with E-state index in [0.29, 0.717) is 23.5 Å². The van der Waals surface area contributed by atoms with E-state index in [1.807, 2.05) is 43.3 Å². The van der Waals surface area contributed by atoms with Crippen molar-refractivity contribution in [2.75, 3.05) is 23.9 Å². The second-order valence-corrected chi connectivity index (χ2v) is 8.19. The van der Waals surface area contributed by atoms with Crippen molar-refractivity contribution in [3.63, 3.8) is 0 Å². The zero-order chi connectivity index (χ0) is 23.7. The number of benzene rings is 3. The van der Waals surface area contributed by atoms with Crippen molar-refractivity contribution in [3.8, 4) is 11.4 Å². The van der Waals surface area contributed by atoms with Crippen LogP contribution in [0.4, 0.5) is 11.4 Å². The SMILES string of the molecule is COc1ccc(C)cc1-n1ccc(C(=O)Nc2ccc(C(=O)N3CCc4ccccc43)cc2)n1. The molecule has 7 nitrogen and oxygen atoms in total.